The first-order valence-electron chi connectivity index (χ1n) is 5.92. The lowest BCUT2D eigenvalue weighted by Gasteiger charge is -2.11. The maximum Gasteiger partial charge on any atom is 0.331 e. The minimum absolute atomic E-state index is 0.0234. The van der Waals surface area contributed by atoms with Crippen molar-refractivity contribution >= 4 is 21.7 Å². The van der Waals surface area contributed by atoms with Crippen molar-refractivity contribution in [3.63, 3.8) is 0 Å². The SMILES string of the molecule is CCNS(=O)(=O)c1ccccc1NC(=O)n1ccnc1. The van der Waals surface area contributed by atoms with Crippen LogP contribution in [-0.4, -0.2) is 30.5 Å². The summed E-state index contributed by atoms with van der Waals surface area (Å²) in [5.74, 6) is 0. The Balaban J connectivity index is 2.32. The van der Waals surface area contributed by atoms with Gasteiger partial charge in [0.2, 0.25) is 10.0 Å². The molecule has 20 heavy (non-hydrogen) atoms. The number of carbonyl (C=O) groups excluding carboxylic acids is 1. The molecule has 2 rings (SSSR count). The second-order valence-electron chi connectivity index (χ2n) is 3.90. The van der Waals surface area contributed by atoms with Crippen LogP contribution in [0.1, 0.15) is 6.92 Å². The van der Waals surface area contributed by atoms with E-state index in [-0.39, 0.29) is 17.1 Å². The zero-order chi connectivity index (χ0) is 14.6. The molecule has 7 nitrogen and oxygen atoms in total. The van der Waals surface area contributed by atoms with Gasteiger partial charge in [0.25, 0.3) is 0 Å². The largest absolute Gasteiger partial charge is 0.331 e. The van der Waals surface area contributed by atoms with Crippen LogP contribution in [-0.2, 0) is 10.0 Å². The Kier molecular flexibility index (Phi) is 4.16. The number of imidazole rings is 1. The molecule has 0 fully saturated rings. The summed E-state index contributed by atoms with van der Waals surface area (Å²) in [6, 6.07) is 5.72. The molecule has 106 valence electrons. The molecule has 0 aliphatic carbocycles. The second kappa shape index (κ2) is 5.85. The van der Waals surface area contributed by atoms with Crippen LogP contribution in [0.4, 0.5) is 10.5 Å². The van der Waals surface area contributed by atoms with Gasteiger partial charge in [0, 0.05) is 18.9 Å². The molecule has 0 saturated heterocycles. The number of anilines is 1. The normalized spacial score (nSPS) is 11.2. The molecule has 0 unspecified atom stereocenters. The summed E-state index contributed by atoms with van der Waals surface area (Å²) in [5, 5.41) is 2.54. The standard InChI is InChI=1S/C12H14N4O3S/c1-2-14-20(18,19)11-6-4-3-5-10(11)15-12(17)16-8-7-13-9-16/h3-9,14H,2H2,1H3,(H,15,17). The third-order valence-corrected chi connectivity index (χ3v) is 4.10. The van der Waals surface area contributed by atoms with E-state index in [1.54, 1.807) is 19.1 Å². The Morgan fingerprint density at radius 3 is 2.75 bits per heavy atom. The van der Waals surface area contributed by atoms with Gasteiger partial charge in [-0.25, -0.2) is 22.9 Å². The summed E-state index contributed by atoms with van der Waals surface area (Å²) in [4.78, 5) is 15.7. The zero-order valence-corrected chi connectivity index (χ0v) is 11.6. The number of hydrogen-bond donors (Lipinski definition) is 2. The molecule has 1 amide bonds. The fraction of sp³-hybridized carbons (Fsp3) is 0.167. The number of nitrogens with zero attached hydrogens (tertiary/aromatic N) is 2. The van der Waals surface area contributed by atoms with Crippen LogP contribution < -0.4 is 10.0 Å². The Morgan fingerprint density at radius 2 is 2.10 bits per heavy atom. The lowest BCUT2D eigenvalue weighted by molar-refractivity contribution is 0.253. The van der Waals surface area contributed by atoms with E-state index >= 15 is 0 Å². The number of aromatic nitrogens is 2. The Bertz CT molecular complexity index is 695. The number of amides is 1. The monoisotopic (exact) mass is 294 g/mol. The molecule has 1 heterocycles. The number of rotatable bonds is 4. The van der Waals surface area contributed by atoms with Crippen LogP contribution in [0, 0.1) is 0 Å². The van der Waals surface area contributed by atoms with Crippen LogP contribution in [0.5, 0.6) is 0 Å². The summed E-state index contributed by atoms with van der Waals surface area (Å²) in [6.45, 7) is 1.95. The molecule has 0 aliphatic heterocycles. The minimum Gasteiger partial charge on any atom is -0.306 e. The molecular weight excluding hydrogens is 280 g/mol. The van der Waals surface area contributed by atoms with Crippen molar-refractivity contribution in [2.24, 2.45) is 0 Å². The fourth-order valence-electron chi connectivity index (χ4n) is 1.63. The highest BCUT2D eigenvalue weighted by Crippen LogP contribution is 2.20. The van der Waals surface area contributed by atoms with E-state index in [1.165, 1.54) is 35.4 Å². The molecular formula is C12H14N4O3S. The van der Waals surface area contributed by atoms with Crippen LogP contribution in [0.2, 0.25) is 0 Å². The lowest BCUT2D eigenvalue weighted by Crippen LogP contribution is -2.25. The quantitative estimate of drug-likeness (QED) is 0.887. The predicted octanol–water partition coefficient (Wildman–Crippen LogP) is 1.26. The van der Waals surface area contributed by atoms with Gasteiger partial charge in [0.1, 0.15) is 11.2 Å². The molecule has 2 N–H and O–H groups in total. The van der Waals surface area contributed by atoms with Crippen molar-refractivity contribution in [1.82, 2.24) is 14.3 Å². The number of nitrogens with one attached hydrogen (secondary N) is 2. The van der Waals surface area contributed by atoms with Gasteiger partial charge < -0.3 is 5.32 Å². The van der Waals surface area contributed by atoms with Gasteiger partial charge in [-0.05, 0) is 12.1 Å². The third-order valence-electron chi connectivity index (χ3n) is 2.49. The smallest absolute Gasteiger partial charge is 0.306 e. The molecule has 0 aliphatic rings. The highest BCUT2D eigenvalue weighted by molar-refractivity contribution is 7.89. The minimum atomic E-state index is -3.65. The van der Waals surface area contributed by atoms with Crippen LogP contribution in [0.3, 0.4) is 0 Å². The van der Waals surface area contributed by atoms with Crippen molar-refractivity contribution in [2.45, 2.75) is 11.8 Å². The summed E-state index contributed by atoms with van der Waals surface area (Å²) in [6.07, 6.45) is 4.26. The number of sulfonamides is 1. The van der Waals surface area contributed by atoms with E-state index in [2.05, 4.69) is 15.0 Å². The number of benzene rings is 1. The van der Waals surface area contributed by atoms with Crippen molar-refractivity contribution in [1.29, 1.82) is 0 Å². The molecule has 0 atom stereocenters. The predicted molar refractivity (Wildman–Crippen MR) is 73.9 cm³/mol. The van der Waals surface area contributed by atoms with Crippen molar-refractivity contribution in [3.8, 4) is 0 Å². The van der Waals surface area contributed by atoms with Gasteiger partial charge in [0.15, 0.2) is 0 Å². The molecule has 0 radical (unpaired) electrons. The molecule has 1 aromatic carbocycles. The molecule has 8 heteroatoms. The average molecular weight is 294 g/mol. The maximum atomic E-state index is 12.0. The Morgan fingerprint density at radius 1 is 1.35 bits per heavy atom. The van der Waals surface area contributed by atoms with E-state index in [1.807, 2.05) is 0 Å². The first-order valence-corrected chi connectivity index (χ1v) is 7.41. The highest BCUT2D eigenvalue weighted by atomic mass is 32.2. The van der Waals surface area contributed by atoms with E-state index in [4.69, 9.17) is 0 Å². The average Bonchev–Trinajstić information content (AvgIpc) is 2.93. The van der Waals surface area contributed by atoms with Crippen molar-refractivity contribution in [2.75, 3.05) is 11.9 Å². The van der Waals surface area contributed by atoms with Gasteiger partial charge >= 0.3 is 6.03 Å². The molecule has 0 saturated carbocycles. The molecule has 0 bridgehead atoms. The first kappa shape index (κ1) is 14.2. The van der Waals surface area contributed by atoms with Gasteiger partial charge in [-0.1, -0.05) is 19.1 Å². The topological polar surface area (TPSA) is 93.1 Å². The van der Waals surface area contributed by atoms with Crippen LogP contribution in [0.15, 0.2) is 47.9 Å². The van der Waals surface area contributed by atoms with Crippen molar-refractivity contribution in [3.05, 3.63) is 43.0 Å². The molecule has 0 spiro atoms. The fourth-order valence-corrected chi connectivity index (χ4v) is 2.83. The second-order valence-corrected chi connectivity index (χ2v) is 5.63. The third kappa shape index (κ3) is 3.03. The van der Waals surface area contributed by atoms with Crippen LogP contribution >= 0.6 is 0 Å². The number of carbonyl (C=O) groups is 1. The van der Waals surface area contributed by atoms with Gasteiger partial charge in [0.05, 0.1) is 5.69 Å². The van der Waals surface area contributed by atoms with E-state index in [9.17, 15) is 13.2 Å². The summed E-state index contributed by atoms with van der Waals surface area (Å²) >= 11 is 0. The van der Waals surface area contributed by atoms with E-state index in [0.717, 1.165) is 0 Å². The Labute approximate surface area is 116 Å². The van der Waals surface area contributed by atoms with Gasteiger partial charge in [-0.2, -0.15) is 0 Å². The zero-order valence-electron chi connectivity index (χ0n) is 10.8. The summed E-state index contributed by atoms with van der Waals surface area (Å²) in [7, 11) is -3.65. The number of hydrogen-bond acceptors (Lipinski definition) is 4. The maximum absolute atomic E-state index is 12.0. The van der Waals surface area contributed by atoms with E-state index < -0.39 is 16.1 Å². The van der Waals surface area contributed by atoms with Gasteiger partial charge in [-0.15, -0.1) is 0 Å². The summed E-state index contributed by atoms with van der Waals surface area (Å²) < 4.78 is 27.7. The Hall–Kier alpha value is -2.19. The van der Waals surface area contributed by atoms with Gasteiger partial charge in [-0.3, -0.25) is 4.57 Å². The number of para-hydroxylation sites is 1. The van der Waals surface area contributed by atoms with Crippen LogP contribution in [0.25, 0.3) is 0 Å². The lowest BCUT2D eigenvalue weighted by atomic mass is 10.3. The molecule has 2 aromatic rings. The highest BCUT2D eigenvalue weighted by Gasteiger charge is 2.18. The summed E-state index contributed by atoms with van der Waals surface area (Å²) in [5.41, 5.74) is 0.215. The van der Waals surface area contributed by atoms with E-state index in [0.29, 0.717) is 0 Å². The van der Waals surface area contributed by atoms with Crippen molar-refractivity contribution < 1.29 is 13.2 Å². The first-order chi connectivity index (χ1) is 9.54. The molecule has 1 aromatic heterocycles.